The van der Waals surface area contributed by atoms with Crippen molar-refractivity contribution in [2.45, 2.75) is 142 Å². The SMILES string of the molecule is C#Cc1cc(C#Cc2ccc3nc4ccc(C#Cc5cc(C#C)cc(OCCCCCCCCCCCC)c5)cc4cc3c2)cc(OCCCCCCCCCCCC)c1. The molecule has 0 aliphatic carbocycles. The number of ether oxygens (including phenoxy) is 2. The van der Waals surface area contributed by atoms with Gasteiger partial charge in [-0.15, -0.1) is 12.8 Å². The molecule has 0 aliphatic rings. The van der Waals surface area contributed by atoms with E-state index in [1.807, 2.05) is 60.7 Å². The number of nitrogens with zero attached hydrogens (tertiary/aromatic N) is 1. The molecule has 0 spiro atoms. The van der Waals surface area contributed by atoms with Crippen molar-refractivity contribution in [3.63, 3.8) is 0 Å². The van der Waals surface area contributed by atoms with Crippen molar-refractivity contribution in [3.05, 3.63) is 112 Å². The van der Waals surface area contributed by atoms with E-state index in [1.54, 1.807) is 0 Å². The highest BCUT2D eigenvalue weighted by Gasteiger charge is 2.05. The average molecular weight is 796 g/mol. The zero-order valence-corrected chi connectivity index (χ0v) is 36.5. The van der Waals surface area contributed by atoms with Crippen LogP contribution in [-0.4, -0.2) is 18.2 Å². The van der Waals surface area contributed by atoms with E-state index in [0.29, 0.717) is 13.2 Å². The molecule has 1 aromatic heterocycles. The molecule has 0 amide bonds. The summed E-state index contributed by atoms with van der Waals surface area (Å²) in [7, 11) is 0. The number of hydrogen-bond donors (Lipinski definition) is 0. The monoisotopic (exact) mass is 796 g/mol. The summed E-state index contributed by atoms with van der Waals surface area (Å²) < 4.78 is 12.2. The molecule has 0 N–H and O–H groups in total. The number of fused-ring (bicyclic) bond motifs is 2. The van der Waals surface area contributed by atoms with Crippen LogP contribution in [0.2, 0.25) is 0 Å². The minimum atomic E-state index is 0.685. The molecule has 0 radical (unpaired) electrons. The predicted octanol–water partition coefficient (Wildman–Crippen LogP) is 14.7. The smallest absolute Gasteiger partial charge is 0.121 e. The number of aromatic nitrogens is 1. The number of hydrogen-bond acceptors (Lipinski definition) is 3. The highest BCUT2D eigenvalue weighted by molar-refractivity contribution is 5.93. The van der Waals surface area contributed by atoms with Crippen LogP contribution >= 0.6 is 0 Å². The van der Waals surface area contributed by atoms with Crippen LogP contribution in [0.4, 0.5) is 0 Å². The van der Waals surface area contributed by atoms with Crippen molar-refractivity contribution in [2.75, 3.05) is 13.2 Å². The first-order valence-electron chi connectivity index (χ1n) is 22.9. The average Bonchev–Trinajstić information content (AvgIpc) is 3.27. The largest absolute Gasteiger partial charge is 0.494 e. The number of rotatable bonds is 24. The molecule has 0 saturated heterocycles. The van der Waals surface area contributed by atoms with Crippen molar-refractivity contribution in [2.24, 2.45) is 0 Å². The van der Waals surface area contributed by atoms with Gasteiger partial charge in [0.15, 0.2) is 0 Å². The molecule has 60 heavy (non-hydrogen) atoms. The lowest BCUT2D eigenvalue weighted by atomic mass is 10.1. The summed E-state index contributed by atoms with van der Waals surface area (Å²) in [4.78, 5) is 4.93. The fraction of sp³-hybridized carbons (Fsp3) is 0.421. The summed E-state index contributed by atoms with van der Waals surface area (Å²) in [5.74, 6) is 20.4. The van der Waals surface area contributed by atoms with Crippen LogP contribution in [0.1, 0.15) is 176 Å². The molecular formula is C57H65NO2. The van der Waals surface area contributed by atoms with Crippen LogP contribution in [0.25, 0.3) is 21.8 Å². The van der Waals surface area contributed by atoms with Gasteiger partial charge in [0.2, 0.25) is 0 Å². The van der Waals surface area contributed by atoms with Crippen LogP contribution in [-0.2, 0) is 0 Å². The van der Waals surface area contributed by atoms with Gasteiger partial charge < -0.3 is 9.47 Å². The molecule has 4 aromatic carbocycles. The number of terminal acetylenes is 2. The molecule has 0 fully saturated rings. The van der Waals surface area contributed by atoms with E-state index in [4.69, 9.17) is 27.3 Å². The molecule has 310 valence electrons. The lowest BCUT2D eigenvalue weighted by Gasteiger charge is -2.08. The number of benzene rings is 4. The summed E-state index contributed by atoms with van der Waals surface area (Å²) in [5, 5.41) is 2.03. The third-order valence-corrected chi connectivity index (χ3v) is 11.0. The molecule has 0 unspecified atom stereocenters. The molecule has 0 aliphatic heterocycles. The fourth-order valence-electron chi connectivity index (χ4n) is 7.52. The minimum absolute atomic E-state index is 0.685. The minimum Gasteiger partial charge on any atom is -0.494 e. The van der Waals surface area contributed by atoms with Crippen LogP contribution in [0.3, 0.4) is 0 Å². The van der Waals surface area contributed by atoms with Gasteiger partial charge in [0, 0.05) is 44.2 Å². The third-order valence-electron chi connectivity index (χ3n) is 11.0. The second-order valence-electron chi connectivity index (χ2n) is 16.1. The third kappa shape index (κ3) is 16.2. The zero-order chi connectivity index (χ0) is 42.0. The second kappa shape index (κ2) is 26.5. The van der Waals surface area contributed by atoms with Crippen LogP contribution in [0.5, 0.6) is 11.5 Å². The van der Waals surface area contributed by atoms with Gasteiger partial charge in [-0.2, -0.15) is 0 Å². The Kier molecular flexibility index (Phi) is 20.1. The fourth-order valence-corrected chi connectivity index (χ4v) is 7.52. The van der Waals surface area contributed by atoms with Crippen molar-refractivity contribution in [3.8, 4) is 59.9 Å². The van der Waals surface area contributed by atoms with Gasteiger partial charge in [-0.25, -0.2) is 4.98 Å². The van der Waals surface area contributed by atoms with E-state index in [2.05, 4.69) is 67.6 Å². The van der Waals surface area contributed by atoms with E-state index in [1.165, 1.54) is 116 Å². The van der Waals surface area contributed by atoms with Gasteiger partial charge in [0.1, 0.15) is 11.5 Å². The first-order chi connectivity index (χ1) is 29.6. The molecule has 1 heterocycles. The lowest BCUT2D eigenvalue weighted by molar-refractivity contribution is 0.304. The maximum atomic E-state index is 6.12. The Labute approximate surface area is 362 Å². The van der Waals surface area contributed by atoms with E-state index >= 15 is 0 Å². The standard InChI is InChI=1S/C57H65NO2/c1-5-9-11-13-15-17-19-21-23-25-35-59-54-41-46(7-3)37-50(43-54)29-27-48-31-33-56-52(39-48)45-53-40-49(32-34-57(53)58-56)28-30-51-38-47(8-4)42-55(44-51)60-36-26-24-22-20-18-16-14-12-10-6-2/h3-4,31-34,37-45H,5-6,9-26,35-36H2,1-2H3. The first kappa shape index (κ1) is 45.5. The van der Waals surface area contributed by atoms with E-state index in [-0.39, 0.29) is 0 Å². The Morgan fingerprint density at radius 1 is 0.383 bits per heavy atom. The van der Waals surface area contributed by atoms with Crippen LogP contribution < -0.4 is 9.47 Å². The van der Waals surface area contributed by atoms with E-state index in [0.717, 1.165) is 79.5 Å². The zero-order valence-electron chi connectivity index (χ0n) is 36.5. The summed E-state index contributed by atoms with van der Waals surface area (Å²) in [6.07, 6.45) is 37.5. The van der Waals surface area contributed by atoms with E-state index in [9.17, 15) is 0 Å². The highest BCUT2D eigenvalue weighted by Crippen LogP contribution is 2.24. The highest BCUT2D eigenvalue weighted by atomic mass is 16.5. The Morgan fingerprint density at radius 3 is 1.12 bits per heavy atom. The Hall–Kier alpha value is -5.61. The van der Waals surface area contributed by atoms with Crippen molar-refractivity contribution >= 4 is 21.8 Å². The molecule has 5 rings (SSSR count). The molecular weight excluding hydrogens is 731 g/mol. The summed E-state index contributed by atoms with van der Waals surface area (Å²) in [6.45, 7) is 5.91. The maximum Gasteiger partial charge on any atom is 0.121 e. The predicted molar refractivity (Wildman–Crippen MR) is 255 cm³/mol. The Balaban J connectivity index is 1.16. The van der Waals surface area contributed by atoms with Gasteiger partial charge in [0.25, 0.3) is 0 Å². The Bertz CT molecular complexity index is 2150. The quantitative estimate of drug-likeness (QED) is 0.0354. The summed E-state index contributed by atoms with van der Waals surface area (Å²) in [6, 6.07) is 26.1. The second-order valence-corrected chi connectivity index (χ2v) is 16.1. The summed E-state index contributed by atoms with van der Waals surface area (Å²) in [5.41, 5.74) is 6.85. The van der Waals surface area contributed by atoms with Crippen molar-refractivity contribution < 1.29 is 9.47 Å². The van der Waals surface area contributed by atoms with Gasteiger partial charge in [-0.05, 0) is 91.7 Å². The molecule has 5 aromatic rings. The lowest BCUT2D eigenvalue weighted by Crippen LogP contribution is -1.98. The van der Waals surface area contributed by atoms with Gasteiger partial charge in [-0.3, -0.25) is 0 Å². The molecule has 0 bridgehead atoms. The van der Waals surface area contributed by atoms with Gasteiger partial charge in [0.05, 0.1) is 24.2 Å². The van der Waals surface area contributed by atoms with Crippen LogP contribution in [0.15, 0.2) is 78.9 Å². The number of unbranched alkanes of at least 4 members (excludes halogenated alkanes) is 18. The molecule has 3 nitrogen and oxygen atoms in total. The van der Waals surface area contributed by atoms with Crippen LogP contribution in [0, 0.1) is 48.4 Å². The molecule has 3 heteroatoms. The van der Waals surface area contributed by atoms with Gasteiger partial charge >= 0.3 is 0 Å². The first-order valence-corrected chi connectivity index (χ1v) is 22.9. The summed E-state index contributed by atoms with van der Waals surface area (Å²) >= 11 is 0. The molecule has 0 atom stereocenters. The van der Waals surface area contributed by atoms with E-state index < -0.39 is 0 Å². The topological polar surface area (TPSA) is 31.4 Å². The Morgan fingerprint density at radius 2 is 0.733 bits per heavy atom. The van der Waals surface area contributed by atoms with Crippen molar-refractivity contribution in [1.29, 1.82) is 0 Å². The number of pyridine rings is 1. The molecule has 0 saturated carbocycles. The normalized spacial score (nSPS) is 10.7. The maximum absolute atomic E-state index is 6.12. The van der Waals surface area contributed by atoms with Gasteiger partial charge in [-0.1, -0.05) is 165 Å². The van der Waals surface area contributed by atoms with Crippen molar-refractivity contribution in [1.82, 2.24) is 4.98 Å².